The van der Waals surface area contributed by atoms with Crippen molar-refractivity contribution in [3.8, 4) is 11.5 Å². The molecule has 0 fully saturated rings. The lowest BCUT2D eigenvalue weighted by Gasteiger charge is -2.12. The number of esters is 1. The molecule has 5 nitrogen and oxygen atoms in total. The van der Waals surface area contributed by atoms with E-state index in [4.69, 9.17) is 14.2 Å². The third-order valence-electron chi connectivity index (χ3n) is 3.64. The molecule has 0 unspecified atom stereocenters. The molecule has 0 N–H and O–H groups in total. The number of carbonyl (C=O) groups excluding carboxylic acids is 1. The third-order valence-corrected chi connectivity index (χ3v) is 3.64. The van der Waals surface area contributed by atoms with E-state index < -0.39 is 5.97 Å². The minimum atomic E-state index is -0.477. The van der Waals surface area contributed by atoms with Crippen molar-refractivity contribution in [3.63, 3.8) is 0 Å². The minimum Gasteiger partial charge on any atom is -0.493 e. The first-order valence-electron chi connectivity index (χ1n) is 9.08. The van der Waals surface area contributed by atoms with Crippen LogP contribution in [0.15, 0.2) is 60.1 Å². The average molecular weight is 385 g/mol. The molecule has 0 atom stereocenters. The quantitative estimate of drug-likeness (QED) is 0.240. The summed E-state index contributed by atoms with van der Waals surface area (Å²) in [6, 6.07) is 11.1. The van der Waals surface area contributed by atoms with Crippen LogP contribution in [0.2, 0.25) is 0 Å². The number of halogens is 1. The van der Waals surface area contributed by atoms with Crippen molar-refractivity contribution in [2.24, 2.45) is 4.99 Å². The van der Waals surface area contributed by atoms with Gasteiger partial charge in [0.25, 0.3) is 0 Å². The standard InChI is InChI=1S/C22H24FNO4/c1-3-5-13-26-21-14-20(28-16-22(25)27-12-4-2)11-6-17(21)15-24-19-9-7-18(23)8-10-19/h4,6-11,14-15H,2-3,5,12-13,16H2,1H3/b24-15+. The van der Waals surface area contributed by atoms with E-state index in [0.29, 0.717) is 23.8 Å². The highest BCUT2D eigenvalue weighted by molar-refractivity contribution is 5.85. The summed E-state index contributed by atoms with van der Waals surface area (Å²) in [5.74, 6) is 0.295. The number of benzene rings is 2. The Morgan fingerprint density at radius 2 is 1.96 bits per heavy atom. The van der Waals surface area contributed by atoms with Crippen LogP contribution in [-0.4, -0.2) is 32.0 Å². The largest absolute Gasteiger partial charge is 0.493 e. The van der Waals surface area contributed by atoms with Gasteiger partial charge in [-0.1, -0.05) is 26.0 Å². The predicted octanol–water partition coefficient (Wildman–Crippen LogP) is 4.86. The summed E-state index contributed by atoms with van der Waals surface area (Å²) < 4.78 is 29.2. The maximum Gasteiger partial charge on any atom is 0.344 e. The normalized spacial score (nSPS) is 10.6. The number of aliphatic imine (C=N–C) groups is 1. The van der Waals surface area contributed by atoms with Crippen LogP contribution >= 0.6 is 0 Å². The fourth-order valence-corrected chi connectivity index (χ4v) is 2.17. The summed E-state index contributed by atoms with van der Waals surface area (Å²) in [7, 11) is 0. The van der Waals surface area contributed by atoms with Crippen LogP contribution in [-0.2, 0) is 9.53 Å². The summed E-state index contributed by atoms with van der Waals surface area (Å²) in [5.41, 5.74) is 1.38. The Bertz CT molecular complexity index is 803. The molecule has 0 aliphatic heterocycles. The van der Waals surface area contributed by atoms with Gasteiger partial charge in [-0.05, 0) is 42.8 Å². The molecular formula is C22H24FNO4. The molecule has 0 aromatic heterocycles. The van der Waals surface area contributed by atoms with Crippen molar-refractivity contribution in [1.82, 2.24) is 0 Å². The number of rotatable bonds is 11. The molecule has 0 saturated carbocycles. The molecule has 0 amide bonds. The molecule has 2 aromatic carbocycles. The number of hydrogen-bond acceptors (Lipinski definition) is 5. The lowest BCUT2D eigenvalue weighted by atomic mass is 10.2. The lowest BCUT2D eigenvalue weighted by Crippen LogP contribution is -2.14. The van der Waals surface area contributed by atoms with E-state index in [2.05, 4.69) is 18.5 Å². The van der Waals surface area contributed by atoms with Gasteiger partial charge in [0, 0.05) is 17.8 Å². The van der Waals surface area contributed by atoms with E-state index in [1.807, 2.05) is 0 Å². The molecule has 2 rings (SSSR count). The fourth-order valence-electron chi connectivity index (χ4n) is 2.17. The van der Waals surface area contributed by atoms with Gasteiger partial charge in [0.15, 0.2) is 6.61 Å². The van der Waals surface area contributed by atoms with E-state index >= 15 is 0 Å². The van der Waals surface area contributed by atoms with E-state index in [9.17, 15) is 9.18 Å². The first-order valence-corrected chi connectivity index (χ1v) is 9.08. The van der Waals surface area contributed by atoms with E-state index in [0.717, 1.165) is 18.4 Å². The Kier molecular flexibility index (Phi) is 8.72. The highest BCUT2D eigenvalue weighted by Gasteiger charge is 2.08. The Labute approximate surface area is 164 Å². The molecule has 0 radical (unpaired) electrons. The van der Waals surface area contributed by atoms with Gasteiger partial charge in [0.05, 0.1) is 12.3 Å². The number of ether oxygens (including phenoxy) is 3. The number of hydrogen-bond donors (Lipinski definition) is 0. The smallest absolute Gasteiger partial charge is 0.344 e. The molecule has 6 heteroatoms. The number of carbonyl (C=O) groups is 1. The van der Waals surface area contributed by atoms with Crippen LogP contribution in [0, 0.1) is 5.82 Å². The van der Waals surface area contributed by atoms with Crippen molar-refractivity contribution in [3.05, 3.63) is 66.5 Å². The minimum absolute atomic E-state index is 0.145. The fraction of sp³-hybridized carbons (Fsp3) is 0.273. The lowest BCUT2D eigenvalue weighted by molar-refractivity contribution is -0.144. The number of unbranched alkanes of at least 4 members (excludes halogenated alkanes) is 1. The van der Waals surface area contributed by atoms with Crippen LogP contribution in [0.4, 0.5) is 10.1 Å². The van der Waals surface area contributed by atoms with Gasteiger partial charge in [-0.2, -0.15) is 0 Å². The monoisotopic (exact) mass is 385 g/mol. The summed E-state index contributed by atoms with van der Waals surface area (Å²) in [6.07, 6.45) is 5.06. The first-order chi connectivity index (χ1) is 13.6. The Morgan fingerprint density at radius 3 is 2.68 bits per heavy atom. The van der Waals surface area contributed by atoms with E-state index in [-0.39, 0.29) is 19.0 Å². The molecular weight excluding hydrogens is 361 g/mol. The summed E-state index contributed by atoms with van der Waals surface area (Å²) in [6.45, 7) is 6.06. The molecule has 0 bridgehead atoms. The van der Waals surface area contributed by atoms with Crippen LogP contribution in [0.5, 0.6) is 11.5 Å². The average Bonchev–Trinajstić information content (AvgIpc) is 2.71. The zero-order chi connectivity index (χ0) is 20.2. The van der Waals surface area contributed by atoms with Gasteiger partial charge < -0.3 is 14.2 Å². The maximum atomic E-state index is 13.0. The zero-order valence-corrected chi connectivity index (χ0v) is 15.9. The number of nitrogens with zero attached hydrogens (tertiary/aromatic N) is 1. The molecule has 0 spiro atoms. The van der Waals surface area contributed by atoms with Gasteiger partial charge in [0.1, 0.15) is 23.9 Å². The van der Waals surface area contributed by atoms with E-state index in [1.165, 1.54) is 18.2 Å². The summed E-state index contributed by atoms with van der Waals surface area (Å²) >= 11 is 0. The van der Waals surface area contributed by atoms with Gasteiger partial charge in [-0.15, -0.1) is 0 Å². The van der Waals surface area contributed by atoms with Crippen molar-refractivity contribution in [1.29, 1.82) is 0 Å². The second-order valence-corrected chi connectivity index (χ2v) is 5.90. The second-order valence-electron chi connectivity index (χ2n) is 5.90. The second kappa shape index (κ2) is 11.5. The Morgan fingerprint density at radius 1 is 1.18 bits per heavy atom. The first kappa shape index (κ1) is 21.2. The molecule has 0 aliphatic carbocycles. The van der Waals surface area contributed by atoms with Crippen LogP contribution in [0.3, 0.4) is 0 Å². The van der Waals surface area contributed by atoms with Gasteiger partial charge in [-0.3, -0.25) is 4.99 Å². The van der Waals surface area contributed by atoms with Gasteiger partial charge in [0.2, 0.25) is 0 Å². The molecule has 28 heavy (non-hydrogen) atoms. The van der Waals surface area contributed by atoms with Crippen LogP contribution < -0.4 is 9.47 Å². The van der Waals surface area contributed by atoms with E-state index in [1.54, 1.807) is 36.5 Å². The molecule has 0 heterocycles. The zero-order valence-electron chi connectivity index (χ0n) is 15.9. The highest BCUT2D eigenvalue weighted by Crippen LogP contribution is 2.25. The van der Waals surface area contributed by atoms with Crippen molar-refractivity contribution in [2.45, 2.75) is 19.8 Å². The predicted molar refractivity (Wildman–Crippen MR) is 107 cm³/mol. The highest BCUT2D eigenvalue weighted by atomic mass is 19.1. The molecule has 148 valence electrons. The SMILES string of the molecule is C=CCOC(=O)COc1ccc(/C=N/c2ccc(F)cc2)c(OCCCC)c1. The molecule has 0 aliphatic rings. The molecule has 0 saturated heterocycles. The molecule has 2 aromatic rings. The van der Waals surface area contributed by atoms with Gasteiger partial charge in [-0.25, -0.2) is 9.18 Å². The van der Waals surface area contributed by atoms with Crippen LogP contribution in [0.1, 0.15) is 25.3 Å². The van der Waals surface area contributed by atoms with Crippen molar-refractivity contribution in [2.75, 3.05) is 19.8 Å². The topological polar surface area (TPSA) is 57.1 Å². The van der Waals surface area contributed by atoms with Crippen molar-refractivity contribution >= 4 is 17.9 Å². The third kappa shape index (κ3) is 7.23. The van der Waals surface area contributed by atoms with Gasteiger partial charge >= 0.3 is 5.97 Å². The summed E-state index contributed by atoms with van der Waals surface area (Å²) in [4.78, 5) is 15.9. The van der Waals surface area contributed by atoms with Crippen LogP contribution in [0.25, 0.3) is 0 Å². The maximum absolute atomic E-state index is 13.0. The Balaban J connectivity index is 2.11. The van der Waals surface area contributed by atoms with Crippen molar-refractivity contribution < 1.29 is 23.4 Å². The summed E-state index contributed by atoms with van der Waals surface area (Å²) in [5, 5.41) is 0. The Hall–Kier alpha value is -3.15.